The van der Waals surface area contributed by atoms with Crippen LogP contribution in [-0.2, 0) is 9.59 Å². The lowest BCUT2D eigenvalue weighted by Crippen LogP contribution is -2.32. The van der Waals surface area contributed by atoms with Crippen LogP contribution in [0.5, 0.6) is 0 Å². The standard InChI is InChI=1S/C19H31N3O5/c1-21-18(26)15(11-7-2-3-8-12-17(24)25)22(19(21)27)20-13-16(23)14-9-5-4-6-10-14/h13-16,23H,2-12H2,1H3,(H,24,25). The number of nitrogens with zero attached hydrogens (tertiary/aromatic N) is 3. The zero-order chi connectivity index (χ0) is 19.8. The number of hydrazone groups is 1. The number of carbonyl (C=O) groups excluding carboxylic acids is 2. The SMILES string of the molecule is CN1C(=O)C(CCCCCCC(=O)O)N(N=CC(O)C2CCCCC2)C1=O. The van der Waals surface area contributed by atoms with Gasteiger partial charge in [-0.15, -0.1) is 0 Å². The largest absolute Gasteiger partial charge is 0.481 e. The van der Waals surface area contributed by atoms with Gasteiger partial charge in [-0.2, -0.15) is 5.10 Å². The van der Waals surface area contributed by atoms with Gasteiger partial charge in [-0.1, -0.05) is 38.5 Å². The van der Waals surface area contributed by atoms with Gasteiger partial charge in [-0.3, -0.25) is 14.5 Å². The molecule has 2 rings (SSSR count). The van der Waals surface area contributed by atoms with Crippen LogP contribution < -0.4 is 0 Å². The van der Waals surface area contributed by atoms with E-state index in [1.807, 2.05) is 0 Å². The van der Waals surface area contributed by atoms with Crippen molar-refractivity contribution in [2.45, 2.75) is 82.8 Å². The lowest BCUT2D eigenvalue weighted by Gasteiger charge is -2.24. The van der Waals surface area contributed by atoms with Gasteiger partial charge in [0.1, 0.15) is 6.04 Å². The second-order valence-corrected chi connectivity index (χ2v) is 7.54. The number of carbonyl (C=O) groups is 3. The van der Waals surface area contributed by atoms with Gasteiger partial charge in [0.25, 0.3) is 5.91 Å². The smallest absolute Gasteiger partial charge is 0.347 e. The second-order valence-electron chi connectivity index (χ2n) is 7.54. The number of unbranched alkanes of at least 4 members (excludes halogenated alkanes) is 3. The van der Waals surface area contributed by atoms with Crippen molar-refractivity contribution in [3.05, 3.63) is 0 Å². The fourth-order valence-electron chi connectivity index (χ4n) is 3.79. The molecule has 152 valence electrons. The number of carboxylic acid groups (broad SMARTS) is 1. The first-order valence-electron chi connectivity index (χ1n) is 9.96. The highest BCUT2D eigenvalue weighted by Crippen LogP contribution is 2.26. The molecular weight excluding hydrogens is 350 g/mol. The number of amides is 3. The minimum Gasteiger partial charge on any atom is -0.481 e. The Morgan fingerprint density at radius 3 is 2.52 bits per heavy atom. The number of hydrogen-bond acceptors (Lipinski definition) is 5. The molecule has 0 aromatic carbocycles. The average Bonchev–Trinajstić information content (AvgIpc) is 2.86. The van der Waals surface area contributed by atoms with E-state index in [9.17, 15) is 19.5 Å². The van der Waals surface area contributed by atoms with Gasteiger partial charge in [-0.05, 0) is 31.6 Å². The molecule has 3 amide bonds. The molecule has 1 saturated heterocycles. The molecule has 2 unspecified atom stereocenters. The molecule has 1 saturated carbocycles. The molecule has 1 aliphatic carbocycles. The maximum atomic E-state index is 12.3. The molecule has 0 radical (unpaired) electrons. The van der Waals surface area contributed by atoms with E-state index in [2.05, 4.69) is 5.10 Å². The molecule has 0 bridgehead atoms. The van der Waals surface area contributed by atoms with Crippen molar-refractivity contribution in [1.29, 1.82) is 0 Å². The summed E-state index contributed by atoms with van der Waals surface area (Å²) in [5.74, 6) is -0.915. The lowest BCUT2D eigenvalue weighted by molar-refractivity contribution is -0.137. The molecule has 27 heavy (non-hydrogen) atoms. The number of hydrogen-bond donors (Lipinski definition) is 2. The first kappa shape index (κ1) is 21.3. The van der Waals surface area contributed by atoms with Crippen LogP contribution in [-0.4, -0.2) is 63.4 Å². The minimum absolute atomic E-state index is 0.152. The maximum Gasteiger partial charge on any atom is 0.347 e. The van der Waals surface area contributed by atoms with Gasteiger partial charge in [0.05, 0.1) is 12.3 Å². The molecule has 2 aliphatic rings. The van der Waals surface area contributed by atoms with E-state index >= 15 is 0 Å². The maximum absolute atomic E-state index is 12.3. The molecule has 0 spiro atoms. The number of likely N-dealkylation sites (N-methyl/N-ethyl adjacent to an activating group) is 1. The van der Waals surface area contributed by atoms with Gasteiger partial charge in [-0.25, -0.2) is 9.80 Å². The lowest BCUT2D eigenvalue weighted by atomic mass is 9.86. The molecule has 8 heteroatoms. The van der Waals surface area contributed by atoms with E-state index in [1.165, 1.54) is 24.7 Å². The quantitative estimate of drug-likeness (QED) is 0.343. The predicted molar refractivity (Wildman–Crippen MR) is 100 cm³/mol. The average molecular weight is 381 g/mol. The zero-order valence-electron chi connectivity index (χ0n) is 16.0. The molecule has 2 fully saturated rings. The molecule has 2 atom stereocenters. The van der Waals surface area contributed by atoms with Crippen LogP contribution in [0.4, 0.5) is 4.79 Å². The Kier molecular flexibility index (Phi) is 8.22. The van der Waals surface area contributed by atoms with E-state index < -0.39 is 24.1 Å². The Morgan fingerprint density at radius 2 is 1.85 bits per heavy atom. The summed E-state index contributed by atoms with van der Waals surface area (Å²) in [6.45, 7) is 0. The zero-order valence-corrected chi connectivity index (χ0v) is 16.0. The van der Waals surface area contributed by atoms with Crippen molar-refractivity contribution in [3.63, 3.8) is 0 Å². The Morgan fingerprint density at radius 1 is 1.19 bits per heavy atom. The van der Waals surface area contributed by atoms with Crippen LogP contribution in [0.25, 0.3) is 0 Å². The number of aliphatic hydroxyl groups excluding tert-OH is 1. The van der Waals surface area contributed by atoms with Gasteiger partial charge in [0, 0.05) is 13.5 Å². The summed E-state index contributed by atoms with van der Waals surface area (Å²) in [5.41, 5.74) is 0. The topological polar surface area (TPSA) is 111 Å². The van der Waals surface area contributed by atoms with Crippen molar-refractivity contribution in [2.75, 3.05) is 7.05 Å². The van der Waals surface area contributed by atoms with Gasteiger partial charge < -0.3 is 10.2 Å². The monoisotopic (exact) mass is 381 g/mol. The number of aliphatic hydroxyl groups is 1. The number of carboxylic acids is 1. The third-order valence-corrected chi connectivity index (χ3v) is 5.49. The van der Waals surface area contributed by atoms with Gasteiger partial charge >= 0.3 is 12.0 Å². The molecule has 1 aliphatic heterocycles. The van der Waals surface area contributed by atoms with Crippen LogP contribution in [0.3, 0.4) is 0 Å². The summed E-state index contributed by atoms with van der Waals surface area (Å²) < 4.78 is 0. The highest BCUT2D eigenvalue weighted by atomic mass is 16.4. The summed E-state index contributed by atoms with van der Waals surface area (Å²) in [5, 5.41) is 24.3. The van der Waals surface area contributed by atoms with Crippen LogP contribution in [0.2, 0.25) is 0 Å². The number of aliphatic carboxylic acids is 1. The first-order chi connectivity index (χ1) is 12.9. The highest BCUT2D eigenvalue weighted by molar-refractivity contribution is 6.03. The summed E-state index contributed by atoms with van der Waals surface area (Å²) in [6.07, 6.45) is 9.56. The van der Waals surface area contributed by atoms with E-state index in [0.29, 0.717) is 19.3 Å². The van der Waals surface area contributed by atoms with Crippen LogP contribution in [0, 0.1) is 5.92 Å². The summed E-state index contributed by atoms with van der Waals surface area (Å²) in [6, 6.07) is -1.11. The normalized spacial score (nSPS) is 22.8. The molecule has 2 N–H and O–H groups in total. The molecule has 0 aromatic rings. The fraction of sp³-hybridized carbons (Fsp3) is 0.789. The molecular formula is C19H31N3O5. The Labute approximate surface area is 160 Å². The summed E-state index contributed by atoms with van der Waals surface area (Å²) in [4.78, 5) is 36.2. The molecule has 0 aromatic heterocycles. The third kappa shape index (κ3) is 6.02. The van der Waals surface area contributed by atoms with E-state index in [-0.39, 0.29) is 18.2 Å². The number of urea groups is 1. The second kappa shape index (κ2) is 10.4. The van der Waals surface area contributed by atoms with Crippen molar-refractivity contribution < 1.29 is 24.6 Å². The summed E-state index contributed by atoms with van der Waals surface area (Å²) >= 11 is 0. The minimum atomic E-state index is -0.801. The van der Waals surface area contributed by atoms with Gasteiger partial charge in [0.15, 0.2) is 0 Å². The number of rotatable bonds is 10. The Hall–Kier alpha value is -1.96. The fourth-order valence-corrected chi connectivity index (χ4v) is 3.79. The van der Waals surface area contributed by atoms with Crippen LogP contribution in [0.15, 0.2) is 5.10 Å². The number of imide groups is 1. The van der Waals surface area contributed by atoms with Crippen LogP contribution >= 0.6 is 0 Å². The van der Waals surface area contributed by atoms with Crippen molar-refractivity contribution in [3.8, 4) is 0 Å². The van der Waals surface area contributed by atoms with Crippen LogP contribution in [0.1, 0.15) is 70.6 Å². The molecule has 1 heterocycles. The van der Waals surface area contributed by atoms with E-state index in [0.717, 1.165) is 43.4 Å². The predicted octanol–water partition coefficient (Wildman–Crippen LogP) is 2.60. The van der Waals surface area contributed by atoms with Crippen molar-refractivity contribution >= 4 is 24.1 Å². The first-order valence-corrected chi connectivity index (χ1v) is 9.96. The highest BCUT2D eigenvalue weighted by Gasteiger charge is 2.43. The van der Waals surface area contributed by atoms with Gasteiger partial charge in [0.2, 0.25) is 0 Å². The summed E-state index contributed by atoms with van der Waals surface area (Å²) in [7, 11) is 1.44. The Bertz CT molecular complexity index is 560. The molecule has 8 nitrogen and oxygen atoms in total. The van der Waals surface area contributed by atoms with Crippen molar-refractivity contribution in [2.24, 2.45) is 11.0 Å². The van der Waals surface area contributed by atoms with E-state index in [1.54, 1.807) is 0 Å². The van der Waals surface area contributed by atoms with Crippen molar-refractivity contribution in [1.82, 2.24) is 9.91 Å². The third-order valence-electron chi connectivity index (χ3n) is 5.49. The Balaban J connectivity index is 1.87. The van der Waals surface area contributed by atoms with E-state index in [4.69, 9.17) is 5.11 Å².